The van der Waals surface area contributed by atoms with Gasteiger partial charge in [-0.2, -0.15) is 11.3 Å². The Balaban J connectivity index is 2.02. The first kappa shape index (κ1) is 17.4. The third kappa shape index (κ3) is 5.62. The van der Waals surface area contributed by atoms with E-state index in [1.807, 2.05) is 36.7 Å². The highest BCUT2D eigenvalue weighted by Crippen LogP contribution is 2.24. The van der Waals surface area contributed by atoms with Crippen molar-refractivity contribution in [3.8, 4) is 0 Å². The second kappa shape index (κ2) is 8.60. The Kier molecular flexibility index (Phi) is 6.50. The summed E-state index contributed by atoms with van der Waals surface area (Å²) in [6, 6.07) is 12.2. The van der Waals surface area contributed by atoms with Crippen molar-refractivity contribution in [3.05, 3.63) is 58.3 Å². The molecule has 1 aromatic carbocycles. The normalized spacial score (nSPS) is 12.1. The molecule has 122 valence electrons. The first-order valence-electron chi connectivity index (χ1n) is 7.47. The van der Waals surface area contributed by atoms with Crippen molar-refractivity contribution < 1.29 is 14.3 Å². The molecule has 0 fully saturated rings. The van der Waals surface area contributed by atoms with Crippen molar-refractivity contribution in [3.63, 3.8) is 0 Å². The monoisotopic (exact) mass is 331 g/mol. The fourth-order valence-electron chi connectivity index (χ4n) is 2.35. The third-order valence-corrected chi connectivity index (χ3v) is 4.23. The lowest BCUT2D eigenvalue weighted by atomic mass is 10.1. The lowest BCUT2D eigenvalue weighted by Crippen LogP contribution is -2.29. The molecule has 0 saturated carbocycles. The second-order valence-electron chi connectivity index (χ2n) is 5.53. The van der Waals surface area contributed by atoms with Gasteiger partial charge in [0.2, 0.25) is 0 Å². The van der Waals surface area contributed by atoms with Crippen LogP contribution in [0, 0.1) is 0 Å². The molecule has 1 aromatic heterocycles. The van der Waals surface area contributed by atoms with Crippen LogP contribution in [0.15, 0.2) is 47.2 Å². The number of esters is 1. The summed E-state index contributed by atoms with van der Waals surface area (Å²) in [6.45, 7) is 2.39. The predicted octanol–water partition coefficient (Wildman–Crippen LogP) is 3.44. The lowest BCUT2D eigenvalue weighted by molar-refractivity contribution is -0.147. The molecule has 0 aliphatic carbocycles. The number of benzene rings is 1. The van der Waals surface area contributed by atoms with Gasteiger partial charge in [-0.1, -0.05) is 30.3 Å². The molecule has 1 unspecified atom stereocenters. The average molecular weight is 331 g/mol. The van der Waals surface area contributed by atoms with Gasteiger partial charge in [0.1, 0.15) is 18.8 Å². The Hall–Kier alpha value is -1.98. The van der Waals surface area contributed by atoms with Gasteiger partial charge in [0.15, 0.2) is 0 Å². The van der Waals surface area contributed by atoms with Gasteiger partial charge in [0.25, 0.3) is 0 Å². The number of rotatable bonds is 8. The molecule has 2 aromatic rings. The number of carbonyl (C=O) groups is 2. The van der Waals surface area contributed by atoms with Gasteiger partial charge in [0.05, 0.1) is 6.04 Å². The molecular weight excluding hydrogens is 310 g/mol. The Labute approximate surface area is 140 Å². The highest BCUT2D eigenvalue weighted by molar-refractivity contribution is 7.07. The zero-order valence-electron chi connectivity index (χ0n) is 13.4. The van der Waals surface area contributed by atoms with Crippen molar-refractivity contribution in [2.75, 3.05) is 13.7 Å². The average Bonchev–Trinajstić information content (AvgIpc) is 3.02. The van der Waals surface area contributed by atoms with E-state index in [-0.39, 0.29) is 24.9 Å². The molecule has 0 aliphatic rings. The maximum atomic E-state index is 11.6. The van der Waals surface area contributed by atoms with Crippen LogP contribution in [0.4, 0.5) is 0 Å². The zero-order valence-corrected chi connectivity index (χ0v) is 14.2. The van der Waals surface area contributed by atoms with E-state index >= 15 is 0 Å². The Morgan fingerprint density at radius 1 is 1.22 bits per heavy atom. The maximum Gasteiger partial charge on any atom is 0.313 e. The summed E-state index contributed by atoms with van der Waals surface area (Å²) < 4.78 is 5.30. The van der Waals surface area contributed by atoms with Crippen molar-refractivity contribution in [2.45, 2.75) is 25.9 Å². The van der Waals surface area contributed by atoms with Crippen LogP contribution in [-0.2, 0) is 20.9 Å². The summed E-state index contributed by atoms with van der Waals surface area (Å²) in [5, 5.41) is 4.07. The Morgan fingerprint density at radius 2 is 1.96 bits per heavy atom. The molecule has 0 bridgehead atoms. The van der Waals surface area contributed by atoms with Crippen LogP contribution >= 0.6 is 11.3 Å². The molecule has 5 heteroatoms. The van der Waals surface area contributed by atoms with E-state index in [9.17, 15) is 9.59 Å². The van der Waals surface area contributed by atoms with Crippen LogP contribution in [0.25, 0.3) is 0 Å². The summed E-state index contributed by atoms with van der Waals surface area (Å²) in [6.07, 6.45) is -0.168. The van der Waals surface area contributed by atoms with Crippen LogP contribution in [0.5, 0.6) is 0 Å². The highest BCUT2D eigenvalue weighted by Gasteiger charge is 2.20. The van der Waals surface area contributed by atoms with Gasteiger partial charge >= 0.3 is 5.97 Å². The van der Waals surface area contributed by atoms with Gasteiger partial charge in [0, 0.05) is 6.54 Å². The molecule has 0 spiro atoms. The molecule has 2 rings (SSSR count). The van der Waals surface area contributed by atoms with E-state index in [1.54, 1.807) is 11.3 Å². The lowest BCUT2D eigenvalue weighted by Gasteiger charge is -2.27. The molecule has 0 aliphatic heterocycles. The predicted molar refractivity (Wildman–Crippen MR) is 91.2 cm³/mol. The molecule has 23 heavy (non-hydrogen) atoms. The number of thiophene rings is 1. The Bertz CT molecular complexity index is 625. The summed E-state index contributed by atoms with van der Waals surface area (Å²) in [7, 11) is 2.01. The van der Waals surface area contributed by atoms with Gasteiger partial charge in [-0.3, -0.25) is 14.5 Å². The van der Waals surface area contributed by atoms with Crippen molar-refractivity contribution >= 4 is 23.1 Å². The number of ketones is 1. The molecule has 0 N–H and O–H groups in total. The first-order chi connectivity index (χ1) is 11.1. The van der Waals surface area contributed by atoms with Gasteiger partial charge in [-0.15, -0.1) is 0 Å². The minimum atomic E-state index is -0.467. The van der Waals surface area contributed by atoms with E-state index in [1.165, 1.54) is 12.5 Å². The third-order valence-electron chi connectivity index (χ3n) is 3.53. The van der Waals surface area contributed by atoms with Gasteiger partial charge in [-0.25, -0.2) is 0 Å². The summed E-state index contributed by atoms with van der Waals surface area (Å²) in [5.74, 6) is -0.648. The largest absolute Gasteiger partial charge is 0.463 e. The fraction of sp³-hybridized carbons (Fsp3) is 0.333. The first-order valence-corrected chi connectivity index (χ1v) is 8.42. The standard InChI is InChI=1S/C18H21NO3S/c1-14(20)10-18(21)22-12-17(16-8-9-23-13-16)19(2)11-15-6-4-3-5-7-15/h3-9,13,17H,10-12H2,1-2H3. The Morgan fingerprint density at radius 3 is 2.57 bits per heavy atom. The molecular formula is C18H21NO3S. The second-order valence-corrected chi connectivity index (χ2v) is 6.32. The van der Waals surface area contributed by atoms with Crippen LogP contribution in [0.2, 0.25) is 0 Å². The molecule has 1 heterocycles. The maximum absolute atomic E-state index is 11.6. The number of Topliss-reactive ketones (excluding diaryl/α,β-unsaturated/α-hetero) is 1. The van der Waals surface area contributed by atoms with E-state index in [4.69, 9.17) is 4.74 Å². The van der Waals surface area contributed by atoms with Crippen LogP contribution in [0.1, 0.15) is 30.5 Å². The topological polar surface area (TPSA) is 46.6 Å². The minimum Gasteiger partial charge on any atom is -0.463 e. The molecule has 0 radical (unpaired) electrons. The van der Waals surface area contributed by atoms with Gasteiger partial charge in [-0.05, 0) is 41.9 Å². The number of nitrogens with zero attached hydrogens (tertiary/aromatic N) is 1. The smallest absolute Gasteiger partial charge is 0.313 e. The van der Waals surface area contributed by atoms with E-state index < -0.39 is 5.97 Å². The quantitative estimate of drug-likeness (QED) is 0.549. The van der Waals surface area contributed by atoms with E-state index in [0.717, 1.165) is 12.1 Å². The number of hydrogen-bond donors (Lipinski definition) is 0. The van der Waals surface area contributed by atoms with Crippen LogP contribution in [-0.4, -0.2) is 30.3 Å². The molecule has 0 saturated heterocycles. The van der Waals surface area contributed by atoms with Crippen molar-refractivity contribution in [1.29, 1.82) is 0 Å². The molecule has 4 nitrogen and oxygen atoms in total. The van der Waals surface area contributed by atoms with Crippen molar-refractivity contribution in [2.24, 2.45) is 0 Å². The number of likely N-dealkylation sites (N-methyl/N-ethyl adjacent to an activating group) is 1. The number of hydrogen-bond acceptors (Lipinski definition) is 5. The number of carbonyl (C=O) groups excluding carboxylic acids is 2. The van der Waals surface area contributed by atoms with Crippen LogP contribution in [0.3, 0.4) is 0 Å². The minimum absolute atomic E-state index is 0.0302. The SMILES string of the molecule is CC(=O)CC(=O)OCC(c1ccsc1)N(C)Cc1ccccc1. The highest BCUT2D eigenvalue weighted by atomic mass is 32.1. The molecule has 0 amide bonds. The zero-order chi connectivity index (χ0) is 16.7. The van der Waals surface area contributed by atoms with Crippen molar-refractivity contribution in [1.82, 2.24) is 4.90 Å². The summed E-state index contributed by atoms with van der Waals surface area (Å²) in [5.41, 5.74) is 2.31. The fourth-order valence-corrected chi connectivity index (χ4v) is 3.06. The van der Waals surface area contributed by atoms with Crippen LogP contribution < -0.4 is 0 Å². The van der Waals surface area contributed by atoms with Gasteiger partial charge < -0.3 is 4.74 Å². The van der Waals surface area contributed by atoms with E-state index in [0.29, 0.717) is 0 Å². The summed E-state index contributed by atoms with van der Waals surface area (Å²) >= 11 is 1.62. The number of ether oxygens (including phenoxy) is 1. The molecule has 1 atom stereocenters. The van der Waals surface area contributed by atoms with E-state index in [2.05, 4.69) is 22.4 Å². The summed E-state index contributed by atoms with van der Waals surface area (Å²) in [4.78, 5) is 24.8.